The van der Waals surface area contributed by atoms with Crippen LogP contribution in [-0.4, -0.2) is 49.1 Å². The molecular weight excluding hydrogens is 566 g/mol. The molecule has 1 saturated carbocycles. The van der Waals surface area contributed by atoms with Crippen LogP contribution in [0.3, 0.4) is 0 Å². The second-order valence-corrected chi connectivity index (χ2v) is 9.86. The van der Waals surface area contributed by atoms with Crippen LogP contribution in [0.2, 0.25) is 10.0 Å². The van der Waals surface area contributed by atoms with Gasteiger partial charge in [-0.2, -0.15) is 22.0 Å². The van der Waals surface area contributed by atoms with Crippen molar-refractivity contribution in [3.63, 3.8) is 0 Å². The Bertz CT molecular complexity index is 1060. The van der Waals surface area contributed by atoms with Crippen LogP contribution in [0, 0.1) is 5.92 Å². The fraction of sp³-hybridized carbons (Fsp3) is 0.520. The Labute approximate surface area is 225 Å². The standard InChI is InChI=1S/C25H26Cl2F7NO3/c26-19-8-3-9-20(22(19)27)37-17-6-2-5-16(13-17)35(14-21(36)24(30,31)32)11-10-15-4-1-7-18(12-15)38-25(33,34)23(28)29/h2-3,5-6,8-9,13,15,18,21,23,36H,1,4,7,10-12,14H2. The molecule has 3 unspecified atom stereocenters. The highest BCUT2D eigenvalue weighted by Crippen LogP contribution is 2.37. The van der Waals surface area contributed by atoms with Gasteiger partial charge in [-0.3, -0.25) is 0 Å². The van der Waals surface area contributed by atoms with Gasteiger partial charge in [-0.1, -0.05) is 48.2 Å². The van der Waals surface area contributed by atoms with Gasteiger partial charge in [0.05, 0.1) is 17.7 Å². The zero-order valence-electron chi connectivity index (χ0n) is 19.9. The Morgan fingerprint density at radius 1 is 1.03 bits per heavy atom. The van der Waals surface area contributed by atoms with Gasteiger partial charge in [0.1, 0.15) is 16.5 Å². The highest BCUT2D eigenvalue weighted by molar-refractivity contribution is 6.42. The zero-order valence-corrected chi connectivity index (χ0v) is 21.4. The zero-order chi connectivity index (χ0) is 28.1. The van der Waals surface area contributed by atoms with E-state index in [0.717, 1.165) is 0 Å². The summed E-state index contributed by atoms with van der Waals surface area (Å²) in [6, 6.07) is 10.8. The predicted molar refractivity (Wildman–Crippen MR) is 130 cm³/mol. The first-order valence-electron chi connectivity index (χ1n) is 11.8. The first kappa shape index (κ1) is 30.6. The van der Waals surface area contributed by atoms with E-state index in [1.165, 1.54) is 17.0 Å². The predicted octanol–water partition coefficient (Wildman–Crippen LogP) is 8.34. The lowest BCUT2D eigenvalue weighted by Crippen LogP contribution is -2.42. The van der Waals surface area contributed by atoms with Crippen LogP contribution in [-0.2, 0) is 4.74 Å². The van der Waals surface area contributed by atoms with Crippen molar-refractivity contribution in [1.82, 2.24) is 0 Å². The van der Waals surface area contributed by atoms with Crippen LogP contribution in [0.15, 0.2) is 42.5 Å². The maximum absolute atomic E-state index is 13.3. The van der Waals surface area contributed by atoms with E-state index in [4.69, 9.17) is 27.9 Å². The quantitative estimate of drug-likeness (QED) is 0.267. The minimum atomic E-state index is -4.87. The summed E-state index contributed by atoms with van der Waals surface area (Å²) < 4.78 is 101. The lowest BCUT2D eigenvalue weighted by atomic mass is 9.85. The summed E-state index contributed by atoms with van der Waals surface area (Å²) in [7, 11) is 0. The van der Waals surface area contributed by atoms with Gasteiger partial charge in [-0.25, -0.2) is 8.78 Å². The number of hydrogen-bond donors (Lipinski definition) is 1. The Balaban J connectivity index is 1.74. The van der Waals surface area contributed by atoms with Gasteiger partial charge in [-0.15, -0.1) is 0 Å². The van der Waals surface area contributed by atoms with E-state index in [9.17, 15) is 35.8 Å². The van der Waals surface area contributed by atoms with E-state index in [-0.39, 0.29) is 53.3 Å². The molecule has 212 valence electrons. The van der Waals surface area contributed by atoms with E-state index in [2.05, 4.69) is 4.74 Å². The van der Waals surface area contributed by atoms with Crippen LogP contribution < -0.4 is 9.64 Å². The van der Waals surface area contributed by atoms with Crippen molar-refractivity contribution in [2.24, 2.45) is 5.92 Å². The van der Waals surface area contributed by atoms with Gasteiger partial charge in [0.15, 0.2) is 6.10 Å². The molecule has 3 atom stereocenters. The Morgan fingerprint density at radius 2 is 1.74 bits per heavy atom. The summed E-state index contributed by atoms with van der Waals surface area (Å²) in [6.07, 6.45) is -15.6. The third-order valence-electron chi connectivity index (χ3n) is 6.22. The monoisotopic (exact) mass is 591 g/mol. The van der Waals surface area contributed by atoms with Gasteiger partial charge in [-0.05, 0) is 49.4 Å². The summed E-state index contributed by atoms with van der Waals surface area (Å²) in [5, 5.41) is 10.1. The highest BCUT2D eigenvalue weighted by Gasteiger charge is 2.45. The third kappa shape index (κ3) is 8.53. The van der Waals surface area contributed by atoms with E-state index < -0.39 is 37.5 Å². The molecule has 0 amide bonds. The third-order valence-corrected chi connectivity index (χ3v) is 7.02. The molecule has 3 rings (SSSR count). The molecule has 1 aliphatic rings. The van der Waals surface area contributed by atoms with Crippen molar-refractivity contribution in [1.29, 1.82) is 0 Å². The van der Waals surface area contributed by atoms with Gasteiger partial charge in [0.2, 0.25) is 0 Å². The van der Waals surface area contributed by atoms with E-state index >= 15 is 0 Å². The Hall–Kier alpha value is -1.95. The molecule has 0 spiro atoms. The van der Waals surface area contributed by atoms with Crippen molar-refractivity contribution in [3.8, 4) is 11.5 Å². The highest BCUT2D eigenvalue weighted by atomic mass is 35.5. The van der Waals surface area contributed by atoms with Crippen LogP contribution in [0.25, 0.3) is 0 Å². The summed E-state index contributed by atoms with van der Waals surface area (Å²) in [4.78, 5) is 1.31. The molecule has 0 heterocycles. The maximum Gasteiger partial charge on any atom is 0.416 e. The summed E-state index contributed by atoms with van der Waals surface area (Å²) in [6.45, 7) is -0.766. The van der Waals surface area contributed by atoms with Crippen molar-refractivity contribution in [3.05, 3.63) is 52.5 Å². The topological polar surface area (TPSA) is 41.9 Å². The smallest absolute Gasteiger partial charge is 0.416 e. The fourth-order valence-corrected chi connectivity index (χ4v) is 4.62. The lowest BCUT2D eigenvalue weighted by molar-refractivity contribution is -0.322. The Morgan fingerprint density at radius 3 is 2.42 bits per heavy atom. The number of halogens is 9. The van der Waals surface area contributed by atoms with Crippen LogP contribution in [0.5, 0.6) is 11.5 Å². The second kappa shape index (κ2) is 12.9. The molecule has 38 heavy (non-hydrogen) atoms. The molecule has 0 aromatic heterocycles. The molecule has 0 radical (unpaired) electrons. The molecule has 13 heteroatoms. The summed E-state index contributed by atoms with van der Waals surface area (Å²) in [5.41, 5.74) is 0.303. The number of anilines is 1. The number of hydrogen-bond acceptors (Lipinski definition) is 4. The molecule has 2 aromatic carbocycles. The van der Waals surface area contributed by atoms with Crippen LogP contribution in [0.4, 0.5) is 36.4 Å². The van der Waals surface area contributed by atoms with Gasteiger partial charge >= 0.3 is 18.7 Å². The van der Waals surface area contributed by atoms with E-state index in [0.29, 0.717) is 18.5 Å². The van der Waals surface area contributed by atoms with Gasteiger partial charge < -0.3 is 19.5 Å². The molecule has 4 nitrogen and oxygen atoms in total. The number of ether oxygens (including phenoxy) is 2. The van der Waals surface area contributed by atoms with Crippen LogP contribution in [0.1, 0.15) is 32.1 Å². The summed E-state index contributed by atoms with van der Waals surface area (Å²) in [5.74, 6) is 0.225. The SMILES string of the molecule is OC(CN(CCC1CCCC(OC(F)(F)C(F)F)C1)c1cccc(Oc2cccc(Cl)c2Cl)c1)C(F)(F)F. The molecule has 1 fully saturated rings. The minimum absolute atomic E-state index is 0.0249. The molecule has 0 saturated heterocycles. The maximum atomic E-state index is 13.3. The summed E-state index contributed by atoms with van der Waals surface area (Å²) >= 11 is 12.1. The number of alkyl halides is 7. The van der Waals surface area contributed by atoms with Crippen molar-refractivity contribution in [2.45, 2.75) is 63.0 Å². The Kier molecular flexibility index (Phi) is 10.4. The van der Waals surface area contributed by atoms with Crippen molar-refractivity contribution >= 4 is 28.9 Å². The second-order valence-electron chi connectivity index (χ2n) is 9.08. The molecule has 1 aliphatic carbocycles. The molecular formula is C25H26Cl2F7NO3. The number of nitrogens with zero attached hydrogens (tertiary/aromatic N) is 1. The number of aliphatic hydroxyl groups excluding tert-OH is 1. The molecule has 1 N–H and O–H groups in total. The van der Waals surface area contributed by atoms with Crippen LogP contribution >= 0.6 is 23.2 Å². The van der Waals surface area contributed by atoms with Crippen molar-refractivity contribution in [2.75, 3.05) is 18.0 Å². The lowest BCUT2D eigenvalue weighted by Gasteiger charge is -2.34. The van der Waals surface area contributed by atoms with Crippen molar-refractivity contribution < 1.29 is 45.3 Å². The number of rotatable bonds is 11. The normalized spacial score (nSPS) is 19.4. The van der Waals surface area contributed by atoms with Gasteiger partial charge in [0.25, 0.3) is 0 Å². The van der Waals surface area contributed by atoms with E-state index in [1.54, 1.807) is 30.3 Å². The van der Waals surface area contributed by atoms with Gasteiger partial charge in [0, 0.05) is 18.3 Å². The largest absolute Gasteiger partial charge is 0.456 e. The van der Waals surface area contributed by atoms with E-state index in [1.807, 2.05) is 0 Å². The average molecular weight is 592 g/mol. The fourth-order valence-electron chi connectivity index (χ4n) is 4.29. The first-order chi connectivity index (χ1) is 17.8. The molecule has 0 aliphatic heterocycles. The minimum Gasteiger partial charge on any atom is -0.456 e. The number of benzene rings is 2. The molecule has 0 bridgehead atoms. The average Bonchev–Trinajstić information content (AvgIpc) is 2.84. The first-order valence-corrected chi connectivity index (χ1v) is 12.6. The number of aliphatic hydroxyl groups is 1. The molecule has 2 aromatic rings.